The zero-order chi connectivity index (χ0) is 28.5. The SMILES string of the molecule is CCCCCCCCCCCCCCCCCCCCCCCCCCCCCCCCCCC(C)C(=O)O. The van der Waals surface area contributed by atoms with E-state index in [1.807, 2.05) is 6.92 Å². The number of hydrogen-bond donors (Lipinski definition) is 1. The molecule has 0 spiro atoms. The van der Waals surface area contributed by atoms with Crippen LogP contribution in [0.5, 0.6) is 0 Å². The van der Waals surface area contributed by atoms with Crippen molar-refractivity contribution in [2.75, 3.05) is 0 Å². The molecule has 1 N–H and O–H groups in total. The molecule has 0 amide bonds. The van der Waals surface area contributed by atoms with Crippen molar-refractivity contribution in [3.8, 4) is 0 Å². The van der Waals surface area contributed by atoms with Crippen molar-refractivity contribution in [2.45, 2.75) is 226 Å². The second-order valence-electron chi connectivity index (χ2n) is 13.0. The van der Waals surface area contributed by atoms with E-state index < -0.39 is 5.97 Å². The summed E-state index contributed by atoms with van der Waals surface area (Å²) < 4.78 is 0. The summed E-state index contributed by atoms with van der Waals surface area (Å²) in [4.78, 5) is 10.8. The molecule has 0 radical (unpaired) electrons. The highest BCUT2D eigenvalue weighted by atomic mass is 16.4. The molecule has 39 heavy (non-hydrogen) atoms. The third-order valence-electron chi connectivity index (χ3n) is 8.91. The van der Waals surface area contributed by atoms with E-state index in [-0.39, 0.29) is 5.92 Å². The van der Waals surface area contributed by atoms with E-state index in [2.05, 4.69) is 6.92 Å². The first-order chi connectivity index (χ1) is 19.2. The number of rotatable bonds is 34. The van der Waals surface area contributed by atoms with Crippen LogP contribution in [0.3, 0.4) is 0 Å². The fraction of sp³-hybridized carbons (Fsp3) is 0.973. The van der Waals surface area contributed by atoms with Crippen LogP contribution in [0, 0.1) is 5.92 Å². The molecule has 1 unspecified atom stereocenters. The van der Waals surface area contributed by atoms with Crippen LogP contribution in [0.2, 0.25) is 0 Å². The molecule has 0 heterocycles. The number of carboxylic acids is 1. The van der Waals surface area contributed by atoms with Gasteiger partial charge in [-0.05, 0) is 6.42 Å². The highest BCUT2D eigenvalue weighted by Gasteiger charge is 2.09. The van der Waals surface area contributed by atoms with Gasteiger partial charge in [-0.2, -0.15) is 0 Å². The third kappa shape index (κ3) is 33.6. The summed E-state index contributed by atoms with van der Waals surface area (Å²) in [5, 5.41) is 8.90. The smallest absolute Gasteiger partial charge is 0.306 e. The van der Waals surface area contributed by atoms with E-state index in [0.29, 0.717) is 0 Å². The summed E-state index contributed by atoms with van der Waals surface area (Å²) >= 11 is 0. The lowest BCUT2D eigenvalue weighted by Crippen LogP contribution is -2.08. The highest BCUT2D eigenvalue weighted by Crippen LogP contribution is 2.17. The van der Waals surface area contributed by atoms with Crippen LogP contribution in [-0.2, 0) is 4.79 Å². The fourth-order valence-electron chi connectivity index (χ4n) is 5.95. The van der Waals surface area contributed by atoms with Gasteiger partial charge in [0.1, 0.15) is 0 Å². The molecule has 0 bridgehead atoms. The van der Waals surface area contributed by atoms with Gasteiger partial charge in [0.15, 0.2) is 0 Å². The second-order valence-corrected chi connectivity index (χ2v) is 13.0. The Labute approximate surface area is 247 Å². The normalized spacial score (nSPS) is 12.3. The monoisotopic (exact) mass is 551 g/mol. The molecule has 1 atom stereocenters. The summed E-state index contributed by atoms with van der Waals surface area (Å²) in [5.41, 5.74) is 0. The van der Waals surface area contributed by atoms with Crippen LogP contribution in [0.1, 0.15) is 226 Å². The summed E-state index contributed by atoms with van der Waals surface area (Å²) in [6.07, 6.45) is 46.5. The molecule has 2 nitrogen and oxygen atoms in total. The van der Waals surface area contributed by atoms with Gasteiger partial charge < -0.3 is 5.11 Å². The van der Waals surface area contributed by atoms with E-state index in [0.717, 1.165) is 12.8 Å². The van der Waals surface area contributed by atoms with Gasteiger partial charge in [-0.3, -0.25) is 4.79 Å². The number of carbonyl (C=O) groups is 1. The Morgan fingerprint density at radius 1 is 0.385 bits per heavy atom. The Bertz CT molecular complexity index is 460. The summed E-state index contributed by atoms with van der Waals surface area (Å²) in [5.74, 6) is -0.811. The lowest BCUT2D eigenvalue weighted by Gasteiger charge is -2.06. The third-order valence-corrected chi connectivity index (χ3v) is 8.91. The van der Waals surface area contributed by atoms with E-state index in [4.69, 9.17) is 5.11 Å². The topological polar surface area (TPSA) is 37.3 Å². The zero-order valence-corrected chi connectivity index (χ0v) is 27.3. The molecule has 234 valence electrons. The predicted molar refractivity (Wildman–Crippen MR) is 175 cm³/mol. The number of carboxylic acid groups (broad SMARTS) is 1. The first-order valence-corrected chi connectivity index (χ1v) is 18.4. The van der Waals surface area contributed by atoms with Gasteiger partial charge in [-0.1, -0.05) is 219 Å². The van der Waals surface area contributed by atoms with Gasteiger partial charge in [-0.15, -0.1) is 0 Å². The zero-order valence-electron chi connectivity index (χ0n) is 27.3. The minimum Gasteiger partial charge on any atom is -0.481 e. The van der Waals surface area contributed by atoms with E-state index in [1.165, 1.54) is 199 Å². The number of hydrogen-bond acceptors (Lipinski definition) is 1. The van der Waals surface area contributed by atoms with Crippen molar-refractivity contribution in [1.82, 2.24) is 0 Å². The van der Waals surface area contributed by atoms with E-state index in [1.54, 1.807) is 0 Å². The van der Waals surface area contributed by atoms with Crippen molar-refractivity contribution in [2.24, 2.45) is 5.92 Å². The molecule has 0 aromatic heterocycles. The van der Waals surface area contributed by atoms with Crippen molar-refractivity contribution in [1.29, 1.82) is 0 Å². The molecule has 0 aromatic rings. The van der Waals surface area contributed by atoms with E-state index in [9.17, 15) is 4.79 Å². The van der Waals surface area contributed by atoms with Gasteiger partial charge in [0.25, 0.3) is 0 Å². The standard InChI is InChI=1S/C37H74O2/c1-3-4-5-6-7-8-9-10-11-12-13-14-15-16-17-18-19-20-21-22-23-24-25-26-27-28-29-30-31-32-33-34-35-36(2)37(38)39/h36H,3-35H2,1-2H3,(H,38,39). The highest BCUT2D eigenvalue weighted by molar-refractivity contribution is 5.69. The largest absolute Gasteiger partial charge is 0.481 e. The molecular formula is C37H74O2. The van der Waals surface area contributed by atoms with Gasteiger partial charge in [0, 0.05) is 0 Å². The molecule has 0 aliphatic heterocycles. The Kier molecular flexibility index (Phi) is 33.2. The Morgan fingerprint density at radius 3 is 0.744 bits per heavy atom. The van der Waals surface area contributed by atoms with Crippen LogP contribution in [0.25, 0.3) is 0 Å². The molecular weight excluding hydrogens is 476 g/mol. The average molecular weight is 551 g/mol. The van der Waals surface area contributed by atoms with Gasteiger partial charge >= 0.3 is 5.97 Å². The summed E-state index contributed by atoms with van der Waals surface area (Å²) in [7, 11) is 0. The van der Waals surface area contributed by atoms with Crippen LogP contribution in [-0.4, -0.2) is 11.1 Å². The first kappa shape index (κ1) is 38.5. The van der Waals surface area contributed by atoms with Crippen molar-refractivity contribution < 1.29 is 9.90 Å². The molecule has 0 aliphatic rings. The maximum Gasteiger partial charge on any atom is 0.306 e. The molecule has 0 fully saturated rings. The van der Waals surface area contributed by atoms with E-state index >= 15 is 0 Å². The maximum atomic E-state index is 10.8. The Hall–Kier alpha value is -0.530. The minimum absolute atomic E-state index is 0.168. The summed E-state index contributed by atoms with van der Waals surface area (Å²) in [6.45, 7) is 4.13. The van der Waals surface area contributed by atoms with Crippen LogP contribution in [0.15, 0.2) is 0 Å². The molecule has 2 heteroatoms. The van der Waals surface area contributed by atoms with Gasteiger partial charge in [0.05, 0.1) is 5.92 Å². The molecule has 0 saturated heterocycles. The Balaban J connectivity index is 3.05. The lowest BCUT2D eigenvalue weighted by atomic mass is 10.0. The quantitative estimate of drug-likeness (QED) is 0.0809. The summed E-state index contributed by atoms with van der Waals surface area (Å²) in [6, 6.07) is 0. The second kappa shape index (κ2) is 33.7. The van der Waals surface area contributed by atoms with Crippen LogP contribution >= 0.6 is 0 Å². The van der Waals surface area contributed by atoms with Gasteiger partial charge in [0.2, 0.25) is 0 Å². The molecule has 0 rings (SSSR count). The molecule has 0 aliphatic carbocycles. The fourth-order valence-corrected chi connectivity index (χ4v) is 5.95. The predicted octanol–water partition coefficient (Wildman–Crippen LogP) is 13.6. The first-order valence-electron chi connectivity index (χ1n) is 18.4. The minimum atomic E-state index is -0.643. The van der Waals surface area contributed by atoms with Gasteiger partial charge in [-0.25, -0.2) is 0 Å². The maximum absolute atomic E-state index is 10.8. The Morgan fingerprint density at radius 2 is 0.564 bits per heavy atom. The van der Waals surface area contributed by atoms with Crippen molar-refractivity contribution >= 4 is 5.97 Å². The average Bonchev–Trinajstić information content (AvgIpc) is 2.93. The van der Waals surface area contributed by atoms with Crippen molar-refractivity contribution in [3.63, 3.8) is 0 Å². The lowest BCUT2D eigenvalue weighted by molar-refractivity contribution is -0.141. The molecule has 0 aromatic carbocycles. The number of aliphatic carboxylic acids is 1. The van der Waals surface area contributed by atoms with Crippen molar-refractivity contribution in [3.05, 3.63) is 0 Å². The number of unbranched alkanes of at least 4 members (excludes halogenated alkanes) is 31. The molecule has 0 saturated carbocycles. The van der Waals surface area contributed by atoms with Crippen LogP contribution in [0.4, 0.5) is 0 Å². The van der Waals surface area contributed by atoms with Crippen LogP contribution < -0.4 is 0 Å².